The standard InChI is InChI=1S/C21H26N6O2/c1-2-4-16(5-3-1)18-12-20(27-21(25-18)23-15-24-27)22-13-19(17-6-9-29-14-17)26-7-10-28-11-8-26/h1-5,12,15,17,19,22H,6-11,13-14H2. The average molecular weight is 394 g/mol. The van der Waals surface area contributed by atoms with Gasteiger partial charge in [0, 0.05) is 49.8 Å². The van der Waals surface area contributed by atoms with Gasteiger partial charge in [-0.2, -0.15) is 14.6 Å². The lowest BCUT2D eigenvalue weighted by atomic mass is 9.97. The van der Waals surface area contributed by atoms with Crippen LogP contribution in [0.2, 0.25) is 0 Å². The summed E-state index contributed by atoms with van der Waals surface area (Å²) in [6, 6.07) is 12.6. The number of ether oxygens (including phenoxy) is 2. The van der Waals surface area contributed by atoms with Crippen molar-refractivity contribution in [3.8, 4) is 11.3 Å². The van der Waals surface area contributed by atoms with E-state index in [2.05, 4.69) is 43.5 Å². The van der Waals surface area contributed by atoms with Gasteiger partial charge in [0.15, 0.2) is 0 Å². The lowest BCUT2D eigenvalue weighted by Gasteiger charge is -2.37. The number of benzene rings is 1. The Hall–Kier alpha value is -2.55. The lowest BCUT2D eigenvalue weighted by molar-refractivity contribution is 0.00459. The van der Waals surface area contributed by atoms with E-state index in [1.54, 1.807) is 10.8 Å². The van der Waals surface area contributed by atoms with Crippen molar-refractivity contribution >= 4 is 11.6 Å². The van der Waals surface area contributed by atoms with Crippen molar-refractivity contribution in [3.05, 3.63) is 42.7 Å². The van der Waals surface area contributed by atoms with E-state index in [-0.39, 0.29) is 0 Å². The third-order valence-corrected chi connectivity index (χ3v) is 5.84. The van der Waals surface area contributed by atoms with Crippen LogP contribution in [0.15, 0.2) is 42.7 Å². The number of rotatable bonds is 6. The van der Waals surface area contributed by atoms with Crippen LogP contribution in [0.3, 0.4) is 0 Å². The molecule has 29 heavy (non-hydrogen) atoms. The summed E-state index contributed by atoms with van der Waals surface area (Å²) in [5, 5.41) is 8.00. The molecule has 1 aromatic carbocycles. The van der Waals surface area contributed by atoms with Gasteiger partial charge in [-0.1, -0.05) is 30.3 Å². The summed E-state index contributed by atoms with van der Waals surface area (Å²) in [6.45, 7) is 6.03. The molecule has 2 atom stereocenters. The van der Waals surface area contributed by atoms with E-state index < -0.39 is 0 Å². The first-order chi connectivity index (χ1) is 14.4. The number of morpholine rings is 1. The molecule has 0 radical (unpaired) electrons. The normalized spacial score (nSPS) is 21.4. The van der Waals surface area contributed by atoms with Gasteiger partial charge in [0.05, 0.1) is 25.5 Å². The SMILES string of the molecule is c1ccc(-c2cc(NCC(C3CCOC3)N3CCOCC3)n3ncnc3n2)cc1. The molecule has 3 aromatic rings. The van der Waals surface area contributed by atoms with Gasteiger partial charge in [-0.05, 0) is 6.42 Å². The lowest BCUT2D eigenvalue weighted by Crippen LogP contribution is -2.50. The van der Waals surface area contributed by atoms with Gasteiger partial charge in [-0.15, -0.1) is 0 Å². The molecule has 0 bridgehead atoms. The number of aromatic nitrogens is 4. The Kier molecular flexibility index (Phi) is 5.38. The minimum atomic E-state index is 0.397. The van der Waals surface area contributed by atoms with Crippen molar-refractivity contribution in [3.63, 3.8) is 0 Å². The van der Waals surface area contributed by atoms with Crippen LogP contribution in [0.4, 0.5) is 5.82 Å². The third-order valence-electron chi connectivity index (χ3n) is 5.84. The topological polar surface area (TPSA) is 76.8 Å². The van der Waals surface area contributed by atoms with Crippen molar-refractivity contribution in [1.29, 1.82) is 0 Å². The number of anilines is 1. The molecule has 0 aliphatic carbocycles. The maximum atomic E-state index is 5.69. The molecule has 2 aliphatic heterocycles. The fraction of sp³-hybridized carbons (Fsp3) is 0.476. The van der Waals surface area contributed by atoms with Crippen LogP contribution >= 0.6 is 0 Å². The molecule has 2 unspecified atom stereocenters. The zero-order valence-corrected chi connectivity index (χ0v) is 16.4. The highest BCUT2D eigenvalue weighted by molar-refractivity contribution is 5.65. The number of nitrogens with zero attached hydrogens (tertiary/aromatic N) is 5. The molecule has 2 aromatic heterocycles. The average Bonchev–Trinajstić information content (AvgIpc) is 3.47. The first kappa shape index (κ1) is 18.5. The molecular formula is C21H26N6O2. The van der Waals surface area contributed by atoms with E-state index in [4.69, 9.17) is 9.47 Å². The van der Waals surface area contributed by atoms with Gasteiger partial charge < -0.3 is 14.8 Å². The van der Waals surface area contributed by atoms with Crippen LogP contribution in [0, 0.1) is 5.92 Å². The van der Waals surface area contributed by atoms with Gasteiger partial charge in [0.1, 0.15) is 12.1 Å². The minimum Gasteiger partial charge on any atom is -0.381 e. The maximum absolute atomic E-state index is 5.69. The summed E-state index contributed by atoms with van der Waals surface area (Å²) in [5.41, 5.74) is 1.95. The second kappa shape index (κ2) is 8.44. The third kappa shape index (κ3) is 3.96. The van der Waals surface area contributed by atoms with E-state index in [0.717, 1.165) is 69.6 Å². The number of hydrogen-bond donors (Lipinski definition) is 1. The molecule has 0 amide bonds. The quantitative estimate of drug-likeness (QED) is 0.685. The number of fused-ring (bicyclic) bond motifs is 1. The molecule has 152 valence electrons. The van der Waals surface area contributed by atoms with Crippen LogP contribution < -0.4 is 5.32 Å². The second-order valence-corrected chi connectivity index (χ2v) is 7.58. The van der Waals surface area contributed by atoms with Gasteiger partial charge in [-0.25, -0.2) is 4.98 Å². The van der Waals surface area contributed by atoms with Gasteiger partial charge >= 0.3 is 0 Å². The van der Waals surface area contributed by atoms with E-state index in [9.17, 15) is 0 Å². The van der Waals surface area contributed by atoms with Crippen molar-refractivity contribution in [2.45, 2.75) is 12.5 Å². The largest absolute Gasteiger partial charge is 0.381 e. The highest BCUT2D eigenvalue weighted by Gasteiger charge is 2.31. The summed E-state index contributed by atoms with van der Waals surface area (Å²) in [6.07, 6.45) is 2.65. The maximum Gasteiger partial charge on any atom is 0.254 e. The molecule has 0 spiro atoms. The van der Waals surface area contributed by atoms with Gasteiger partial charge in [0.2, 0.25) is 0 Å². The molecule has 8 nitrogen and oxygen atoms in total. The van der Waals surface area contributed by atoms with E-state index in [0.29, 0.717) is 17.7 Å². The summed E-state index contributed by atoms with van der Waals surface area (Å²) < 4.78 is 13.0. The van der Waals surface area contributed by atoms with E-state index in [1.807, 2.05) is 18.2 Å². The van der Waals surface area contributed by atoms with Crippen molar-refractivity contribution in [2.75, 3.05) is 51.4 Å². The zero-order chi connectivity index (χ0) is 19.5. The molecule has 1 N–H and O–H groups in total. The fourth-order valence-electron chi connectivity index (χ4n) is 4.26. The fourth-order valence-corrected chi connectivity index (χ4v) is 4.26. The Labute approximate surface area is 169 Å². The van der Waals surface area contributed by atoms with E-state index in [1.165, 1.54) is 0 Å². The van der Waals surface area contributed by atoms with Crippen LogP contribution in [0.25, 0.3) is 17.0 Å². The Balaban J connectivity index is 1.41. The monoisotopic (exact) mass is 394 g/mol. The molecule has 2 saturated heterocycles. The number of nitrogens with one attached hydrogen (secondary N) is 1. The van der Waals surface area contributed by atoms with Crippen molar-refractivity contribution in [1.82, 2.24) is 24.5 Å². The molecule has 0 saturated carbocycles. The summed E-state index contributed by atoms with van der Waals surface area (Å²) in [5.74, 6) is 2.03. The highest BCUT2D eigenvalue weighted by Crippen LogP contribution is 2.25. The summed E-state index contributed by atoms with van der Waals surface area (Å²) in [7, 11) is 0. The van der Waals surface area contributed by atoms with Crippen LogP contribution in [0.1, 0.15) is 6.42 Å². The molecular weight excluding hydrogens is 368 g/mol. The first-order valence-electron chi connectivity index (χ1n) is 10.3. The highest BCUT2D eigenvalue weighted by atomic mass is 16.5. The minimum absolute atomic E-state index is 0.397. The molecule has 2 aliphatic rings. The Morgan fingerprint density at radius 2 is 1.97 bits per heavy atom. The molecule has 8 heteroatoms. The van der Waals surface area contributed by atoms with Crippen molar-refractivity contribution in [2.24, 2.45) is 5.92 Å². The summed E-state index contributed by atoms with van der Waals surface area (Å²) in [4.78, 5) is 11.5. The van der Waals surface area contributed by atoms with Gasteiger partial charge in [0.25, 0.3) is 5.78 Å². The Morgan fingerprint density at radius 3 is 2.76 bits per heavy atom. The molecule has 5 rings (SSSR count). The number of hydrogen-bond acceptors (Lipinski definition) is 7. The van der Waals surface area contributed by atoms with Gasteiger partial charge in [-0.3, -0.25) is 4.90 Å². The predicted octanol–water partition coefficient (Wildman–Crippen LogP) is 1.94. The molecule has 2 fully saturated rings. The first-order valence-corrected chi connectivity index (χ1v) is 10.3. The Bertz CT molecular complexity index is 935. The van der Waals surface area contributed by atoms with Crippen LogP contribution in [0.5, 0.6) is 0 Å². The zero-order valence-electron chi connectivity index (χ0n) is 16.4. The smallest absolute Gasteiger partial charge is 0.254 e. The van der Waals surface area contributed by atoms with Crippen LogP contribution in [-0.2, 0) is 9.47 Å². The van der Waals surface area contributed by atoms with E-state index >= 15 is 0 Å². The van der Waals surface area contributed by atoms with Crippen LogP contribution in [-0.4, -0.2) is 76.6 Å². The second-order valence-electron chi connectivity index (χ2n) is 7.58. The predicted molar refractivity (Wildman–Crippen MR) is 110 cm³/mol. The Morgan fingerprint density at radius 1 is 1.10 bits per heavy atom. The van der Waals surface area contributed by atoms with Crippen molar-refractivity contribution < 1.29 is 9.47 Å². The summed E-state index contributed by atoms with van der Waals surface area (Å²) >= 11 is 0. The molecule has 4 heterocycles.